The van der Waals surface area contributed by atoms with Gasteiger partial charge in [-0.15, -0.1) is 11.3 Å². The van der Waals surface area contributed by atoms with Crippen molar-refractivity contribution in [2.45, 2.75) is 36.2 Å². The fourth-order valence-electron chi connectivity index (χ4n) is 2.42. The van der Waals surface area contributed by atoms with E-state index in [-0.39, 0.29) is 12.1 Å². The van der Waals surface area contributed by atoms with Crippen LogP contribution >= 0.6 is 23.1 Å². The molecule has 21 heavy (non-hydrogen) atoms. The van der Waals surface area contributed by atoms with Gasteiger partial charge < -0.3 is 10.4 Å². The molecule has 0 saturated heterocycles. The highest BCUT2D eigenvalue weighted by atomic mass is 32.2. The van der Waals surface area contributed by atoms with Gasteiger partial charge in [-0.2, -0.15) is 0 Å². The summed E-state index contributed by atoms with van der Waals surface area (Å²) < 4.78 is 1.08. The Morgan fingerprint density at radius 1 is 1.33 bits per heavy atom. The molecule has 0 fully saturated rings. The van der Waals surface area contributed by atoms with E-state index in [0.29, 0.717) is 6.04 Å². The van der Waals surface area contributed by atoms with Crippen molar-refractivity contribution in [1.29, 1.82) is 0 Å². The zero-order valence-corrected chi connectivity index (χ0v) is 14.1. The first-order chi connectivity index (χ1) is 10.2. The van der Waals surface area contributed by atoms with Gasteiger partial charge in [-0.3, -0.25) is 0 Å². The van der Waals surface area contributed by atoms with E-state index in [0.717, 1.165) is 22.1 Å². The SMILES string of the molecule is CC(C)NC(CO)(CCSc1nccs1)c1ccccc1. The first-order valence-corrected chi connectivity index (χ1v) is 8.99. The van der Waals surface area contributed by atoms with Crippen LogP contribution in [0.1, 0.15) is 25.8 Å². The van der Waals surface area contributed by atoms with Crippen molar-refractivity contribution >= 4 is 23.1 Å². The third-order valence-corrected chi connectivity index (χ3v) is 5.29. The fraction of sp³-hybridized carbons (Fsp3) is 0.438. The Kier molecular flexibility index (Phi) is 6.23. The van der Waals surface area contributed by atoms with E-state index in [4.69, 9.17) is 0 Å². The maximum atomic E-state index is 10.1. The van der Waals surface area contributed by atoms with Gasteiger partial charge in [0.1, 0.15) is 4.34 Å². The summed E-state index contributed by atoms with van der Waals surface area (Å²) in [6.45, 7) is 4.32. The molecule has 1 unspecified atom stereocenters. The second kappa shape index (κ2) is 7.94. The van der Waals surface area contributed by atoms with Crippen molar-refractivity contribution in [1.82, 2.24) is 10.3 Å². The lowest BCUT2D eigenvalue weighted by Gasteiger charge is -2.35. The Bertz CT molecular complexity index is 516. The van der Waals surface area contributed by atoms with Gasteiger partial charge in [0.2, 0.25) is 0 Å². The molecule has 0 aliphatic rings. The predicted octanol–water partition coefficient (Wildman–Crippen LogP) is 3.51. The monoisotopic (exact) mass is 322 g/mol. The topological polar surface area (TPSA) is 45.1 Å². The molecule has 1 aromatic carbocycles. The van der Waals surface area contributed by atoms with Gasteiger partial charge in [-0.25, -0.2) is 4.98 Å². The lowest BCUT2D eigenvalue weighted by Crippen LogP contribution is -2.49. The van der Waals surface area contributed by atoms with Crippen LogP contribution in [-0.2, 0) is 5.54 Å². The molecule has 114 valence electrons. The minimum atomic E-state index is -0.389. The molecule has 1 aromatic heterocycles. The van der Waals surface area contributed by atoms with Crippen LogP contribution in [0.25, 0.3) is 0 Å². The number of aliphatic hydroxyl groups excluding tert-OH is 1. The quantitative estimate of drug-likeness (QED) is 0.730. The zero-order chi connectivity index (χ0) is 15.1. The highest BCUT2D eigenvalue weighted by molar-refractivity contribution is 8.00. The molecular weight excluding hydrogens is 300 g/mol. The number of nitrogens with zero attached hydrogens (tertiary/aromatic N) is 1. The fourth-order valence-corrected chi connectivity index (χ4v) is 4.23. The molecule has 0 spiro atoms. The molecule has 1 heterocycles. The minimum absolute atomic E-state index is 0.0909. The highest BCUT2D eigenvalue weighted by Gasteiger charge is 2.31. The second-order valence-electron chi connectivity index (χ2n) is 5.30. The summed E-state index contributed by atoms with van der Waals surface area (Å²) in [5.41, 5.74) is 0.751. The van der Waals surface area contributed by atoms with Gasteiger partial charge in [0.15, 0.2) is 0 Å². The number of aromatic nitrogens is 1. The van der Waals surface area contributed by atoms with E-state index in [9.17, 15) is 5.11 Å². The molecule has 0 bridgehead atoms. The van der Waals surface area contributed by atoms with Crippen molar-refractivity contribution in [3.8, 4) is 0 Å². The summed E-state index contributed by atoms with van der Waals surface area (Å²) in [7, 11) is 0. The molecule has 2 rings (SSSR count). The average Bonchev–Trinajstić information content (AvgIpc) is 3.00. The normalized spacial score (nSPS) is 14.3. The molecule has 0 radical (unpaired) electrons. The lowest BCUT2D eigenvalue weighted by atomic mass is 9.87. The highest BCUT2D eigenvalue weighted by Crippen LogP contribution is 2.30. The third-order valence-electron chi connectivity index (χ3n) is 3.33. The van der Waals surface area contributed by atoms with E-state index in [1.165, 1.54) is 0 Å². The lowest BCUT2D eigenvalue weighted by molar-refractivity contribution is 0.147. The Balaban J connectivity index is 2.11. The van der Waals surface area contributed by atoms with Crippen LogP contribution in [-0.4, -0.2) is 28.5 Å². The molecule has 0 saturated carbocycles. The molecule has 1 atom stereocenters. The van der Waals surface area contributed by atoms with Crippen LogP contribution < -0.4 is 5.32 Å². The maximum Gasteiger partial charge on any atom is 0.149 e. The molecule has 0 amide bonds. The minimum Gasteiger partial charge on any atom is -0.394 e. The summed E-state index contributed by atoms with van der Waals surface area (Å²) in [6.07, 6.45) is 2.69. The number of aliphatic hydroxyl groups is 1. The number of nitrogens with one attached hydrogen (secondary N) is 1. The molecular formula is C16H22N2OS2. The van der Waals surface area contributed by atoms with Gasteiger partial charge in [-0.05, 0) is 25.8 Å². The molecule has 0 aliphatic carbocycles. The Morgan fingerprint density at radius 3 is 2.67 bits per heavy atom. The van der Waals surface area contributed by atoms with Gasteiger partial charge in [-0.1, -0.05) is 42.1 Å². The van der Waals surface area contributed by atoms with Crippen LogP contribution in [0.2, 0.25) is 0 Å². The predicted molar refractivity (Wildman–Crippen MR) is 90.9 cm³/mol. The van der Waals surface area contributed by atoms with Crippen molar-refractivity contribution in [2.24, 2.45) is 0 Å². The van der Waals surface area contributed by atoms with Crippen molar-refractivity contribution in [3.05, 3.63) is 47.5 Å². The Labute approximate surface area is 134 Å². The van der Waals surface area contributed by atoms with E-state index < -0.39 is 0 Å². The van der Waals surface area contributed by atoms with E-state index in [1.807, 2.05) is 29.8 Å². The van der Waals surface area contributed by atoms with Crippen molar-refractivity contribution < 1.29 is 5.11 Å². The summed E-state index contributed by atoms with van der Waals surface area (Å²) in [5.74, 6) is 0.919. The molecule has 3 nitrogen and oxygen atoms in total. The van der Waals surface area contributed by atoms with Crippen molar-refractivity contribution in [3.63, 3.8) is 0 Å². The van der Waals surface area contributed by atoms with Gasteiger partial charge in [0, 0.05) is 23.4 Å². The number of hydrogen-bond acceptors (Lipinski definition) is 5. The maximum absolute atomic E-state index is 10.1. The van der Waals surface area contributed by atoms with Gasteiger partial charge >= 0.3 is 0 Å². The number of hydrogen-bond donors (Lipinski definition) is 2. The van der Waals surface area contributed by atoms with E-state index >= 15 is 0 Å². The zero-order valence-electron chi connectivity index (χ0n) is 12.5. The smallest absolute Gasteiger partial charge is 0.149 e. The molecule has 5 heteroatoms. The van der Waals surface area contributed by atoms with Crippen LogP contribution in [0.5, 0.6) is 0 Å². The average molecular weight is 322 g/mol. The molecule has 2 N–H and O–H groups in total. The third kappa shape index (κ3) is 4.54. The first kappa shape index (κ1) is 16.5. The number of thiazole rings is 1. The summed E-state index contributed by atoms with van der Waals surface area (Å²) in [6, 6.07) is 10.5. The first-order valence-electron chi connectivity index (χ1n) is 7.13. The number of benzene rings is 1. The number of rotatable bonds is 8. The number of thioether (sulfide) groups is 1. The summed E-state index contributed by atoms with van der Waals surface area (Å²) in [5, 5.41) is 15.6. The van der Waals surface area contributed by atoms with Crippen LogP contribution in [0.3, 0.4) is 0 Å². The van der Waals surface area contributed by atoms with Crippen LogP contribution in [0.15, 0.2) is 46.2 Å². The summed E-state index contributed by atoms with van der Waals surface area (Å²) >= 11 is 3.41. The molecule has 2 aromatic rings. The van der Waals surface area contributed by atoms with E-state index in [1.54, 1.807) is 23.1 Å². The summed E-state index contributed by atoms with van der Waals surface area (Å²) in [4.78, 5) is 4.29. The van der Waals surface area contributed by atoms with Crippen LogP contribution in [0.4, 0.5) is 0 Å². The Morgan fingerprint density at radius 2 is 2.10 bits per heavy atom. The Hall–Kier alpha value is -0.880. The largest absolute Gasteiger partial charge is 0.394 e. The second-order valence-corrected chi connectivity index (χ2v) is 7.54. The van der Waals surface area contributed by atoms with Crippen molar-refractivity contribution in [2.75, 3.05) is 12.4 Å². The van der Waals surface area contributed by atoms with Crippen LogP contribution in [0, 0.1) is 0 Å². The molecule has 0 aliphatic heterocycles. The van der Waals surface area contributed by atoms with Gasteiger partial charge in [0.25, 0.3) is 0 Å². The van der Waals surface area contributed by atoms with Gasteiger partial charge in [0.05, 0.1) is 12.1 Å². The standard InChI is InChI=1S/C16H22N2OS2/c1-13(2)18-16(12-19,14-6-4-3-5-7-14)8-10-20-15-17-9-11-21-15/h3-7,9,11,13,18-19H,8,10,12H2,1-2H3. The van der Waals surface area contributed by atoms with E-state index in [2.05, 4.69) is 36.3 Å².